The normalized spacial score (nSPS) is 17.1. The summed E-state index contributed by atoms with van der Waals surface area (Å²) in [7, 11) is -1.53. The van der Waals surface area contributed by atoms with Crippen LogP contribution < -0.4 is 15.7 Å². The van der Waals surface area contributed by atoms with Crippen molar-refractivity contribution in [2.45, 2.75) is 39.0 Å². The minimum Gasteiger partial charge on any atom is -0.423 e. The Labute approximate surface area is 186 Å². The molecule has 0 radical (unpaired) electrons. The van der Waals surface area contributed by atoms with E-state index in [1.807, 2.05) is 23.1 Å². The summed E-state index contributed by atoms with van der Waals surface area (Å²) in [6.07, 6.45) is 1.36. The number of anilines is 3. The third-order valence-electron chi connectivity index (χ3n) is 6.05. The molecule has 1 atom stereocenters. The number of aromatic nitrogens is 2. The molecule has 7 nitrogen and oxygen atoms in total. The van der Waals surface area contributed by atoms with Crippen LogP contribution in [0.15, 0.2) is 42.5 Å². The van der Waals surface area contributed by atoms with Gasteiger partial charge in [0.05, 0.1) is 18.9 Å². The van der Waals surface area contributed by atoms with Crippen molar-refractivity contribution in [2.75, 3.05) is 16.8 Å². The third kappa shape index (κ3) is 3.83. The molecule has 2 aliphatic rings. The van der Waals surface area contributed by atoms with Crippen LogP contribution in [0.1, 0.15) is 29.3 Å². The van der Waals surface area contributed by atoms with E-state index in [2.05, 4.69) is 12.2 Å². The molecule has 164 valence electrons. The first-order valence-electron chi connectivity index (χ1n) is 10.7. The Balaban J connectivity index is 1.53. The van der Waals surface area contributed by atoms with Gasteiger partial charge in [-0.25, -0.2) is 9.37 Å². The van der Waals surface area contributed by atoms with Crippen molar-refractivity contribution in [3.63, 3.8) is 0 Å². The number of rotatable bonds is 5. The van der Waals surface area contributed by atoms with E-state index in [4.69, 9.17) is 14.7 Å². The number of hydrogen-bond donors (Lipinski definition) is 3. The standard InChI is InChI=1S/C23H24BFN4O3/c1-14-10-18-19(24(30)31)6-3-7-21(18)29(14)23-27-20-13-32-9-8-17(20)22(28-23)26-12-15-4-2-5-16(25)11-15/h2-7,11,14,30-31H,8-10,12-13H2,1H3,(H,26,27,28). The highest BCUT2D eigenvalue weighted by Gasteiger charge is 2.34. The zero-order valence-electron chi connectivity index (χ0n) is 17.8. The van der Waals surface area contributed by atoms with Crippen LogP contribution in [0.3, 0.4) is 0 Å². The van der Waals surface area contributed by atoms with Crippen molar-refractivity contribution in [1.29, 1.82) is 0 Å². The predicted octanol–water partition coefficient (Wildman–Crippen LogP) is 2.06. The van der Waals surface area contributed by atoms with Crippen LogP contribution in [-0.2, 0) is 30.7 Å². The molecule has 0 amide bonds. The van der Waals surface area contributed by atoms with E-state index in [0.29, 0.717) is 44.0 Å². The van der Waals surface area contributed by atoms with Gasteiger partial charge in [0.15, 0.2) is 0 Å². The van der Waals surface area contributed by atoms with Crippen LogP contribution in [0, 0.1) is 5.82 Å². The third-order valence-corrected chi connectivity index (χ3v) is 6.05. The maximum atomic E-state index is 13.6. The first kappa shape index (κ1) is 20.9. The van der Waals surface area contributed by atoms with Crippen LogP contribution in [0.2, 0.25) is 0 Å². The molecule has 32 heavy (non-hydrogen) atoms. The second-order valence-corrected chi connectivity index (χ2v) is 8.23. The summed E-state index contributed by atoms with van der Waals surface area (Å²) >= 11 is 0. The van der Waals surface area contributed by atoms with E-state index >= 15 is 0 Å². The monoisotopic (exact) mass is 434 g/mol. The molecule has 1 aromatic heterocycles. The van der Waals surface area contributed by atoms with Crippen LogP contribution in [-0.4, -0.2) is 39.8 Å². The Kier molecular flexibility index (Phi) is 5.54. The number of halogens is 1. The molecule has 0 fully saturated rings. The summed E-state index contributed by atoms with van der Waals surface area (Å²) in [6, 6.07) is 12.0. The van der Waals surface area contributed by atoms with E-state index in [1.54, 1.807) is 12.1 Å². The topological polar surface area (TPSA) is 90.7 Å². The summed E-state index contributed by atoms with van der Waals surface area (Å²) < 4.78 is 19.2. The van der Waals surface area contributed by atoms with E-state index in [1.165, 1.54) is 12.1 Å². The number of benzene rings is 2. The number of fused-ring (bicyclic) bond motifs is 2. The minimum absolute atomic E-state index is 0.0449. The van der Waals surface area contributed by atoms with Crippen LogP contribution in [0.5, 0.6) is 0 Å². The van der Waals surface area contributed by atoms with Crippen molar-refractivity contribution in [3.8, 4) is 0 Å². The van der Waals surface area contributed by atoms with E-state index < -0.39 is 7.12 Å². The van der Waals surface area contributed by atoms with Crippen molar-refractivity contribution in [2.24, 2.45) is 0 Å². The highest BCUT2D eigenvalue weighted by Crippen LogP contribution is 2.37. The maximum absolute atomic E-state index is 13.6. The van der Waals surface area contributed by atoms with E-state index in [9.17, 15) is 14.4 Å². The van der Waals surface area contributed by atoms with Gasteiger partial charge in [0.1, 0.15) is 11.6 Å². The molecule has 2 aliphatic heterocycles. The van der Waals surface area contributed by atoms with Crippen LogP contribution >= 0.6 is 0 Å². The van der Waals surface area contributed by atoms with Crippen molar-refractivity contribution in [1.82, 2.24) is 9.97 Å². The zero-order valence-corrected chi connectivity index (χ0v) is 17.8. The van der Waals surface area contributed by atoms with Gasteiger partial charge in [0, 0.05) is 30.3 Å². The molecule has 1 unspecified atom stereocenters. The average Bonchev–Trinajstić information content (AvgIpc) is 3.13. The molecule has 0 saturated heterocycles. The molecule has 5 rings (SSSR count). The van der Waals surface area contributed by atoms with Gasteiger partial charge in [-0.2, -0.15) is 4.98 Å². The fourth-order valence-electron chi connectivity index (χ4n) is 4.54. The first-order chi connectivity index (χ1) is 15.5. The van der Waals surface area contributed by atoms with Crippen molar-refractivity contribution < 1.29 is 19.2 Å². The lowest BCUT2D eigenvalue weighted by atomic mass is 9.76. The van der Waals surface area contributed by atoms with Gasteiger partial charge in [-0.3, -0.25) is 0 Å². The van der Waals surface area contributed by atoms with E-state index in [-0.39, 0.29) is 11.9 Å². The maximum Gasteiger partial charge on any atom is 0.488 e. The fourth-order valence-corrected chi connectivity index (χ4v) is 4.54. The average molecular weight is 434 g/mol. The fraction of sp³-hybridized carbons (Fsp3) is 0.304. The number of ether oxygens (including phenoxy) is 1. The lowest BCUT2D eigenvalue weighted by Crippen LogP contribution is -2.32. The molecule has 3 aromatic rings. The second-order valence-electron chi connectivity index (χ2n) is 8.23. The van der Waals surface area contributed by atoms with Gasteiger partial charge in [-0.05, 0) is 48.1 Å². The van der Waals surface area contributed by atoms with Gasteiger partial charge in [-0.15, -0.1) is 0 Å². The Morgan fingerprint density at radius 1 is 1.19 bits per heavy atom. The Morgan fingerprint density at radius 2 is 2.03 bits per heavy atom. The summed E-state index contributed by atoms with van der Waals surface area (Å²) in [5.41, 5.74) is 4.94. The Bertz CT molecular complexity index is 1160. The van der Waals surface area contributed by atoms with Crippen LogP contribution in [0.4, 0.5) is 21.8 Å². The molecule has 0 spiro atoms. The molecular weight excluding hydrogens is 410 g/mol. The van der Waals surface area contributed by atoms with Gasteiger partial charge < -0.3 is 25.0 Å². The molecule has 0 bridgehead atoms. The minimum atomic E-state index is -1.53. The first-order valence-corrected chi connectivity index (χ1v) is 10.7. The number of nitrogens with zero attached hydrogens (tertiary/aromatic N) is 3. The lowest BCUT2D eigenvalue weighted by molar-refractivity contribution is 0.107. The van der Waals surface area contributed by atoms with E-state index in [0.717, 1.165) is 33.9 Å². The molecule has 0 saturated carbocycles. The summed E-state index contributed by atoms with van der Waals surface area (Å²) in [6.45, 7) is 3.51. The molecule has 3 N–H and O–H groups in total. The molecule has 2 aromatic carbocycles. The summed E-state index contributed by atoms with van der Waals surface area (Å²) in [5, 5.41) is 22.9. The van der Waals surface area contributed by atoms with Gasteiger partial charge in [0.2, 0.25) is 5.95 Å². The number of hydrogen-bond acceptors (Lipinski definition) is 7. The molecular formula is C23H24BFN4O3. The SMILES string of the molecule is CC1Cc2c(B(O)O)cccc2N1c1nc2c(c(NCc3cccc(F)c3)n1)CCOC2. The second kappa shape index (κ2) is 8.50. The molecule has 9 heteroatoms. The zero-order chi connectivity index (χ0) is 22.2. The summed E-state index contributed by atoms with van der Waals surface area (Å²) in [5.74, 6) is 0.982. The van der Waals surface area contributed by atoms with Crippen molar-refractivity contribution in [3.05, 3.63) is 70.7 Å². The number of nitrogens with one attached hydrogen (secondary N) is 1. The smallest absolute Gasteiger partial charge is 0.423 e. The molecule has 0 aliphatic carbocycles. The Morgan fingerprint density at radius 3 is 2.84 bits per heavy atom. The Hall–Kier alpha value is -3.01. The van der Waals surface area contributed by atoms with Gasteiger partial charge in [0.25, 0.3) is 0 Å². The highest BCUT2D eigenvalue weighted by atomic mass is 19.1. The van der Waals surface area contributed by atoms with Crippen LogP contribution in [0.25, 0.3) is 0 Å². The molecule has 3 heterocycles. The van der Waals surface area contributed by atoms with Crippen molar-refractivity contribution >= 4 is 30.0 Å². The van der Waals surface area contributed by atoms with Gasteiger partial charge >= 0.3 is 7.12 Å². The highest BCUT2D eigenvalue weighted by molar-refractivity contribution is 6.59. The summed E-state index contributed by atoms with van der Waals surface area (Å²) in [4.78, 5) is 11.7. The lowest BCUT2D eigenvalue weighted by Gasteiger charge is -2.26. The predicted molar refractivity (Wildman–Crippen MR) is 121 cm³/mol. The van der Waals surface area contributed by atoms with Gasteiger partial charge in [-0.1, -0.05) is 24.3 Å². The quantitative estimate of drug-likeness (QED) is 0.530. The largest absolute Gasteiger partial charge is 0.488 e.